The average Bonchev–Trinajstić information content (AvgIpc) is 3.40. The van der Waals surface area contributed by atoms with E-state index in [1.807, 2.05) is 0 Å². The van der Waals surface area contributed by atoms with E-state index in [1.165, 1.54) is 47.7 Å². The second-order valence-corrected chi connectivity index (χ2v) is 6.31. The van der Waals surface area contributed by atoms with Crippen LogP contribution >= 0.6 is 0 Å². The van der Waals surface area contributed by atoms with Crippen molar-refractivity contribution >= 4 is 0 Å². The van der Waals surface area contributed by atoms with Crippen LogP contribution in [0.1, 0.15) is 5.82 Å². The van der Waals surface area contributed by atoms with Gasteiger partial charge in [0.05, 0.1) is 26.5 Å². The fourth-order valence-electron chi connectivity index (χ4n) is 3.01. The Morgan fingerprint density at radius 2 is 1.81 bits per heavy atom. The van der Waals surface area contributed by atoms with Crippen LogP contribution in [-0.2, 0) is 6.54 Å². The molecule has 2 aromatic carbocycles. The Morgan fingerprint density at radius 3 is 2.50 bits per heavy atom. The molecule has 0 saturated carbocycles. The minimum Gasteiger partial charge on any atom is -0.493 e. The molecule has 166 valence electrons. The van der Waals surface area contributed by atoms with Crippen LogP contribution in [0.5, 0.6) is 17.2 Å². The van der Waals surface area contributed by atoms with E-state index >= 15 is 0 Å². The quantitative estimate of drug-likeness (QED) is 0.401. The van der Waals surface area contributed by atoms with Gasteiger partial charge in [-0.05, 0) is 52.9 Å². The molecule has 0 aliphatic rings. The van der Waals surface area contributed by atoms with Crippen molar-refractivity contribution in [3.63, 3.8) is 0 Å². The molecule has 0 bridgehead atoms. The molecule has 0 aliphatic carbocycles. The minimum atomic E-state index is -2.93. The lowest BCUT2D eigenvalue weighted by atomic mass is 10.2. The molecule has 11 nitrogen and oxygen atoms in total. The summed E-state index contributed by atoms with van der Waals surface area (Å²) in [7, 11) is 3.00. The van der Waals surface area contributed by atoms with Crippen LogP contribution in [0, 0.1) is 0 Å². The molecule has 4 rings (SSSR count). The molecule has 0 amide bonds. The van der Waals surface area contributed by atoms with Crippen LogP contribution in [0.2, 0.25) is 0 Å². The number of tetrazole rings is 1. The molecule has 0 radical (unpaired) electrons. The lowest BCUT2D eigenvalue weighted by Gasteiger charge is -2.10. The van der Waals surface area contributed by atoms with Crippen LogP contribution in [0.4, 0.5) is 8.78 Å². The lowest BCUT2D eigenvalue weighted by Crippen LogP contribution is -2.19. The van der Waals surface area contributed by atoms with Gasteiger partial charge >= 0.3 is 12.4 Å². The second-order valence-electron chi connectivity index (χ2n) is 6.31. The Bertz CT molecular complexity index is 1270. The van der Waals surface area contributed by atoms with Gasteiger partial charge in [-0.3, -0.25) is 4.52 Å². The number of alkyl halides is 2. The number of nitrogens with zero attached hydrogens (tertiary/aromatic N) is 6. The Kier molecular flexibility index (Phi) is 5.79. The normalized spacial score (nSPS) is 11.0. The van der Waals surface area contributed by atoms with Crippen LogP contribution in [-0.4, -0.2) is 50.8 Å². The largest absolute Gasteiger partial charge is 0.493 e. The molecule has 0 N–H and O–H groups in total. The highest BCUT2D eigenvalue weighted by atomic mass is 19.3. The van der Waals surface area contributed by atoms with Crippen molar-refractivity contribution in [3.8, 4) is 34.3 Å². The van der Waals surface area contributed by atoms with E-state index in [1.54, 1.807) is 18.2 Å². The number of methoxy groups -OCH3 is 2. The van der Waals surface area contributed by atoms with Gasteiger partial charge in [0.15, 0.2) is 23.1 Å². The summed E-state index contributed by atoms with van der Waals surface area (Å²) in [6.07, 6.45) is 0. The molecule has 0 fully saturated rings. The Labute approximate surface area is 178 Å². The topological polar surface area (TPSA) is 119 Å². The summed E-state index contributed by atoms with van der Waals surface area (Å²) >= 11 is 0. The van der Waals surface area contributed by atoms with Gasteiger partial charge in [-0.25, -0.2) is 9.36 Å². The van der Waals surface area contributed by atoms with Crippen molar-refractivity contribution in [3.05, 3.63) is 58.8 Å². The standard InChI is InChI=1S/C19H16F2N6O5/c1-29-14-8-3-11(9-15(14)30-2)17-23-32-19(28)26(17)10-16-22-24-25-27(16)12-4-6-13(7-5-12)31-18(20)21/h3-9,18H,10H2,1-2H3. The van der Waals surface area contributed by atoms with Crippen molar-refractivity contribution in [2.45, 2.75) is 13.2 Å². The third kappa shape index (κ3) is 4.12. The van der Waals surface area contributed by atoms with Gasteiger partial charge in [-0.1, -0.05) is 5.16 Å². The zero-order chi connectivity index (χ0) is 22.7. The van der Waals surface area contributed by atoms with Crippen molar-refractivity contribution in [1.29, 1.82) is 0 Å². The van der Waals surface area contributed by atoms with Crippen LogP contribution < -0.4 is 20.0 Å². The molecule has 32 heavy (non-hydrogen) atoms. The van der Waals surface area contributed by atoms with Gasteiger partial charge < -0.3 is 14.2 Å². The van der Waals surface area contributed by atoms with Crippen molar-refractivity contribution in [1.82, 2.24) is 29.9 Å². The molecular weight excluding hydrogens is 430 g/mol. The highest BCUT2D eigenvalue weighted by molar-refractivity contribution is 5.61. The third-order valence-electron chi connectivity index (χ3n) is 4.47. The van der Waals surface area contributed by atoms with E-state index in [-0.39, 0.29) is 23.9 Å². The number of hydrogen-bond acceptors (Lipinski definition) is 9. The SMILES string of the molecule is COc1ccc(-c2noc(=O)n2Cc2nnnn2-c2ccc(OC(F)F)cc2)cc1OC. The van der Waals surface area contributed by atoms with Crippen LogP contribution in [0.3, 0.4) is 0 Å². The predicted octanol–water partition coefficient (Wildman–Crippen LogP) is 2.15. The summed E-state index contributed by atoms with van der Waals surface area (Å²) in [6, 6.07) is 10.7. The van der Waals surface area contributed by atoms with E-state index in [2.05, 4.69) is 25.4 Å². The summed E-state index contributed by atoms with van der Waals surface area (Å²) in [5.41, 5.74) is 1.02. The summed E-state index contributed by atoms with van der Waals surface area (Å²) in [6.45, 7) is -3.01. The number of hydrogen-bond donors (Lipinski definition) is 0. The summed E-state index contributed by atoms with van der Waals surface area (Å²) in [5, 5.41) is 15.3. The Morgan fingerprint density at radius 1 is 1.06 bits per heavy atom. The fraction of sp³-hybridized carbons (Fsp3) is 0.211. The first-order chi connectivity index (χ1) is 15.5. The predicted molar refractivity (Wildman–Crippen MR) is 104 cm³/mol. The van der Waals surface area contributed by atoms with Gasteiger partial charge in [0.25, 0.3) is 0 Å². The van der Waals surface area contributed by atoms with Crippen LogP contribution in [0.25, 0.3) is 17.1 Å². The zero-order valence-electron chi connectivity index (χ0n) is 16.8. The number of halogens is 2. The average molecular weight is 446 g/mol. The van der Waals surface area contributed by atoms with Gasteiger partial charge in [-0.15, -0.1) is 5.10 Å². The zero-order valence-corrected chi connectivity index (χ0v) is 16.8. The maximum absolute atomic E-state index is 12.4. The van der Waals surface area contributed by atoms with Gasteiger partial charge in [0.1, 0.15) is 5.75 Å². The molecule has 0 saturated heterocycles. The first kappa shape index (κ1) is 21.0. The van der Waals surface area contributed by atoms with E-state index < -0.39 is 12.4 Å². The highest BCUT2D eigenvalue weighted by Gasteiger charge is 2.19. The van der Waals surface area contributed by atoms with Crippen LogP contribution in [0.15, 0.2) is 51.8 Å². The highest BCUT2D eigenvalue weighted by Crippen LogP contribution is 2.31. The number of rotatable bonds is 8. The summed E-state index contributed by atoms with van der Waals surface area (Å²) in [4.78, 5) is 12.3. The molecular formula is C19H16F2N6O5. The molecule has 0 atom stereocenters. The first-order valence-corrected chi connectivity index (χ1v) is 9.11. The van der Waals surface area contributed by atoms with E-state index in [0.717, 1.165) is 0 Å². The first-order valence-electron chi connectivity index (χ1n) is 9.11. The van der Waals surface area contributed by atoms with E-state index in [0.29, 0.717) is 22.7 Å². The van der Waals surface area contributed by atoms with Gasteiger partial charge in [-0.2, -0.15) is 13.5 Å². The second kappa shape index (κ2) is 8.83. The molecule has 0 unspecified atom stereocenters. The van der Waals surface area contributed by atoms with Gasteiger partial charge in [0, 0.05) is 5.56 Å². The third-order valence-corrected chi connectivity index (χ3v) is 4.47. The molecule has 0 aliphatic heterocycles. The van der Waals surface area contributed by atoms with Crippen molar-refractivity contribution in [2.24, 2.45) is 0 Å². The van der Waals surface area contributed by atoms with E-state index in [9.17, 15) is 13.6 Å². The smallest absolute Gasteiger partial charge is 0.442 e. The maximum Gasteiger partial charge on any atom is 0.442 e. The Balaban J connectivity index is 1.66. The lowest BCUT2D eigenvalue weighted by molar-refractivity contribution is -0.0498. The maximum atomic E-state index is 12.4. The number of benzene rings is 2. The number of ether oxygens (including phenoxy) is 3. The van der Waals surface area contributed by atoms with Crippen molar-refractivity contribution in [2.75, 3.05) is 14.2 Å². The Hall–Kier alpha value is -4.29. The molecule has 2 heterocycles. The van der Waals surface area contributed by atoms with Gasteiger partial charge in [0.2, 0.25) is 0 Å². The molecule has 4 aromatic rings. The minimum absolute atomic E-state index is 0.00984. The summed E-state index contributed by atoms with van der Waals surface area (Å²) in [5.74, 6) is 0.736. The molecule has 2 aromatic heterocycles. The monoisotopic (exact) mass is 446 g/mol. The van der Waals surface area contributed by atoms with Crippen molar-refractivity contribution < 1.29 is 27.5 Å². The summed E-state index contributed by atoms with van der Waals surface area (Å²) < 4.78 is 47.0. The number of aromatic nitrogens is 6. The fourth-order valence-corrected chi connectivity index (χ4v) is 3.01. The van der Waals surface area contributed by atoms with E-state index in [4.69, 9.17) is 14.0 Å². The molecule has 13 heteroatoms. The molecule has 0 spiro atoms.